The molecule has 1 aromatic heterocycles. The number of rotatable bonds is 6. The molecule has 0 unspecified atom stereocenters. The van der Waals surface area contributed by atoms with Gasteiger partial charge in [-0.3, -0.25) is 4.79 Å². The molecule has 0 fully saturated rings. The van der Waals surface area contributed by atoms with Crippen molar-refractivity contribution in [3.8, 4) is 6.07 Å². The van der Waals surface area contributed by atoms with E-state index >= 15 is 0 Å². The highest BCUT2D eigenvalue weighted by Gasteiger charge is 2.29. The molecule has 0 aliphatic heterocycles. The van der Waals surface area contributed by atoms with Gasteiger partial charge in [0.2, 0.25) is 0 Å². The van der Waals surface area contributed by atoms with Crippen molar-refractivity contribution in [2.24, 2.45) is 0 Å². The molecule has 0 spiro atoms. The molecule has 0 amide bonds. The van der Waals surface area contributed by atoms with Crippen molar-refractivity contribution in [1.82, 2.24) is 4.98 Å². The van der Waals surface area contributed by atoms with Gasteiger partial charge in [0.25, 0.3) is 0 Å². The third-order valence-corrected chi connectivity index (χ3v) is 4.77. The van der Waals surface area contributed by atoms with Crippen LogP contribution in [-0.4, -0.2) is 28.9 Å². The molecule has 0 N–H and O–H groups in total. The summed E-state index contributed by atoms with van der Waals surface area (Å²) in [5.41, 5.74) is -3.75. The van der Waals surface area contributed by atoms with Crippen molar-refractivity contribution in [3.63, 3.8) is 0 Å². The van der Waals surface area contributed by atoms with Gasteiger partial charge in [-0.05, 0) is 43.0 Å². The highest BCUT2D eigenvalue weighted by Crippen LogP contribution is 2.36. The Balaban J connectivity index is 1.95. The highest BCUT2D eigenvalue weighted by atomic mass is 32.2. The predicted octanol–water partition coefficient (Wildman–Crippen LogP) is 4.10. The second kappa shape index (κ2) is 8.33. The first-order valence-corrected chi connectivity index (χ1v) is 8.76. The second-order valence-electron chi connectivity index (χ2n) is 5.00. The number of thiazole rings is 1. The molecule has 10 heteroatoms. The van der Waals surface area contributed by atoms with Crippen LogP contribution in [0.4, 0.5) is 13.2 Å². The number of hydrogen-bond donors (Lipinski definition) is 0. The van der Waals surface area contributed by atoms with Gasteiger partial charge < -0.3 is 4.74 Å². The minimum atomic E-state index is -4.42. The zero-order valence-corrected chi connectivity index (χ0v) is 14.9. The Kier molecular flexibility index (Phi) is 6.39. The lowest BCUT2D eigenvalue weighted by Crippen LogP contribution is -2.20. The predicted molar refractivity (Wildman–Crippen MR) is 88.8 cm³/mol. The summed E-state index contributed by atoms with van der Waals surface area (Å²) >= 11 is 0.856. The number of thioether (sulfide) groups is 1. The molecular formula is C16H11F3N2O3S2. The molecule has 5 nitrogen and oxygen atoms in total. The standard InChI is InChI=1S/C16H11F3N2O3S2/c1-9-8-25-14(21-9)12(6-20)13(22)7-24-15(23)10-2-4-11(5-3-10)26-16(17,18)19/h2-5,8,12H,7H2,1H3/t12-/m1/s1. The second-order valence-corrected chi connectivity index (χ2v) is 7.03. The largest absolute Gasteiger partial charge is 0.454 e. The third-order valence-electron chi connectivity index (χ3n) is 3.00. The Bertz CT molecular complexity index is 842. The average molecular weight is 400 g/mol. The SMILES string of the molecule is Cc1csc([C@H](C#N)C(=O)COC(=O)c2ccc(SC(F)(F)F)cc2)n1. The molecule has 26 heavy (non-hydrogen) atoms. The molecule has 0 aliphatic rings. The highest BCUT2D eigenvalue weighted by molar-refractivity contribution is 8.00. The number of halogens is 3. The summed E-state index contributed by atoms with van der Waals surface area (Å²) < 4.78 is 41.6. The van der Waals surface area contributed by atoms with E-state index in [2.05, 4.69) is 4.98 Å². The first kappa shape index (κ1) is 19.9. The summed E-state index contributed by atoms with van der Waals surface area (Å²) in [6, 6.07) is 6.43. The van der Waals surface area contributed by atoms with Gasteiger partial charge in [-0.2, -0.15) is 18.4 Å². The molecule has 1 heterocycles. The fraction of sp³-hybridized carbons (Fsp3) is 0.250. The minimum Gasteiger partial charge on any atom is -0.454 e. The molecule has 1 atom stereocenters. The van der Waals surface area contributed by atoms with Crippen LogP contribution in [0.2, 0.25) is 0 Å². The normalized spacial score (nSPS) is 12.3. The zero-order valence-electron chi connectivity index (χ0n) is 13.2. The maximum absolute atomic E-state index is 12.3. The minimum absolute atomic E-state index is 0.00271. The van der Waals surface area contributed by atoms with Gasteiger partial charge in [-0.1, -0.05) is 0 Å². The van der Waals surface area contributed by atoms with E-state index in [1.807, 2.05) is 6.07 Å². The molecular weight excluding hydrogens is 389 g/mol. The van der Waals surface area contributed by atoms with Gasteiger partial charge in [0.1, 0.15) is 5.01 Å². The molecule has 0 bridgehead atoms. The molecule has 0 saturated carbocycles. The number of ether oxygens (including phenoxy) is 1. The van der Waals surface area contributed by atoms with Gasteiger partial charge in [-0.25, -0.2) is 9.78 Å². The summed E-state index contributed by atoms with van der Waals surface area (Å²) in [6.45, 7) is 1.09. The lowest BCUT2D eigenvalue weighted by molar-refractivity contribution is -0.122. The van der Waals surface area contributed by atoms with Crippen LogP contribution in [0, 0.1) is 18.3 Å². The number of nitrogens with zero attached hydrogens (tertiary/aromatic N) is 2. The van der Waals surface area contributed by atoms with E-state index in [1.54, 1.807) is 12.3 Å². The summed E-state index contributed by atoms with van der Waals surface area (Å²) in [7, 11) is 0. The van der Waals surface area contributed by atoms with E-state index in [9.17, 15) is 22.8 Å². The summed E-state index contributed by atoms with van der Waals surface area (Å²) in [5.74, 6) is -2.62. The number of alkyl halides is 3. The lowest BCUT2D eigenvalue weighted by Gasteiger charge is -2.08. The van der Waals surface area contributed by atoms with Crippen molar-refractivity contribution in [1.29, 1.82) is 5.26 Å². The molecule has 2 aromatic rings. The number of nitriles is 1. The van der Waals surface area contributed by atoms with E-state index in [0.29, 0.717) is 10.7 Å². The van der Waals surface area contributed by atoms with Crippen LogP contribution in [0.5, 0.6) is 0 Å². The first-order chi connectivity index (χ1) is 12.2. The van der Waals surface area contributed by atoms with E-state index in [1.165, 1.54) is 12.1 Å². The van der Waals surface area contributed by atoms with Crippen molar-refractivity contribution in [3.05, 3.63) is 45.9 Å². The van der Waals surface area contributed by atoms with E-state index in [4.69, 9.17) is 10.00 Å². The number of carbonyl (C=O) groups is 2. The van der Waals surface area contributed by atoms with Crippen molar-refractivity contribution >= 4 is 34.9 Å². The average Bonchev–Trinajstić information content (AvgIpc) is 2.98. The molecule has 0 aliphatic carbocycles. The molecule has 0 saturated heterocycles. The first-order valence-electron chi connectivity index (χ1n) is 7.07. The maximum Gasteiger partial charge on any atom is 0.446 e. The Labute approximate surface area is 154 Å². The fourth-order valence-corrected chi connectivity index (χ4v) is 3.27. The lowest BCUT2D eigenvalue weighted by atomic mass is 10.1. The van der Waals surface area contributed by atoms with Crippen LogP contribution in [0.3, 0.4) is 0 Å². The van der Waals surface area contributed by atoms with Gasteiger partial charge in [0.15, 0.2) is 18.3 Å². The van der Waals surface area contributed by atoms with Gasteiger partial charge >= 0.3 is 11.5 Å². The third kappa shape index (κ3) is 5.57. The Morgan fingerprint density at radius 3 is 2.50 bits per heavy atom. The molecule has 2 rings (SSSR count). The van der Waals surface area contributed by atoms with Crippen LogP contribution in [0.15, 0.2) is 34.5 Å². The van der Waals surface area contributed by atoms with Crippen LogP contribution in [0.1, 0.15) is 27.0 Å². The smallest absolute Gasteiger partial charge is 0.446 e. The Morgan fingerprint density at radius 1 is 1.35 bits per heavy atom. The van der Waals surface area contributed by atoms with Crippen molar-refractivity contribution in [2.45, 2.75) is 23.2 Å². The number of benzene rings is 1. The van der Waals surface area contributed by atoms with Crippen LogP contribution in [-0.2, 0) is 9.53 Å². The van der Waals surface area contributed by atoms with Gasteiger partial charge in [0, 0.05) is 16.0 Å². The summed E-state index contributed by atoms with van der Waals surface area (Å²) in [6.07, 6.45) is 0. The number of esters is 1. The number of Topliss-reactive ketones (excluding diaryl/α,β-unsaturated/α-hetero) is 1. The molecule has 136 valence electrons. The van der Waals surface area contributed by atoms with Crippen molar-refractivity contribution in [2.75, 3.05) is 6.61 Å². The van der Waals surface area contributed by atoms with Crippen LogP contribution >= 0.6 is 23.1 Å². The molecule has 0 radical (unpaired) electrons. The Hall–Kier alpha value is -2.38. The number of ketones is 1. The van der Waals surface area contributed by atoms with E-state index < -0.39 is 29.8 Å². The fourth-order valence-electron chi connectivity index (χ4n) is 1.87. The zero-order chi connectivity index (χ0) is 19.3. The van der Waals surface area contributed by atoms with E-state index in [-0.39, 0.29) is 22.2 Å². The van der Waals surface area contributed by atoms with Gasteiger partial charge in [-0.15, -0.1) is 11.3 Å². The Morgan fingerprint density at radius 2 is 2.00 bits per heavy atom. The van der Waals surface area contributed by atoms with E-state index in [0.717, 1.165) is 23.5 Å². The number of aromatic nitrogens is 1. The van der Waals surface area contributed by atoms with Crippen molar-refractivity contribution < 1.29 is 27.5 Å². The quantitative estimate of drug-likeness (QED) is 0.537. The topological polar surface area (TPSA) is 80.0 Å². The summed E-state index contributed by atoms with van der Waals surface area (Å²) in [5, 5.41) is 11.1. The number of hydrogen-bond acceptors (Lipinski definition) is 7. The number of carbonyl (C=O) groups excluding carboxylic acids is 2. The maximum atomic E-state index is 12.3. The summed E-state index contributed by atoms with van der Waals surface area (Å²) in [4.78, 5) is 28.0. The van der Waals surface area contributed by atoms with Crippen LogP contribution in [0.25, 0.3) is 0 Å². The number of aryl methyl sites for hydroxylation is 1. The monoisotopic (exact) mass is 400 g/mol. The van der Waals surface area contributed by atoms with Crippen LogP contribution < -0.4 is 0 Å². The van der Waals surface area contributed by atoms with Gasteiger partial charge in [0.05, 0.1) is 11.6 Å². The molecule has 1 aromatic carbocycles.